The summed E-state index contributed by atoms with van der Waals surface area (Å²) in [5.74, 6) is 0.695. The molecule has 0 amide bonds. The second kappa shape index (κ2) is 6.79. The van der Waals surface area contributed by atoms with Gasteiger partial charge in [0.15, 0.2) is 5.65 Å². The van der Waals surface area contributed by atoms with Gasteiger partial charge in [0.25, 0.3) is 6.43 Å². The molecule has 4 nitrogen and oxygen atoms in total. The number of pyridine rings is 1. The number of nitrogens with one attached hydrogen (secondary N) is 1. The average molecular weight is 372 g/mol. The largest absolute Gasteiger partial charge is 0.363 e. The van der Waals surface area contributed by atoms with Gasteiger partial charge in [0, 0.05) is 11.8 Å². The van der Waals surface area contributed by atoms with Crippen LogP contribution in [-0.4, -0.2) is 15.0 Å². The third-order valence-corrected chi connectivity index (χ3v) is 4.85. The fraction of sp³-hybridized carbons (Fsp3) is 0.350. The summed E-state index contributed by atoms with van der Waals surface area (Å²) in [6.07, 6.45) is 1.27. The first-order chi connectivity index (χ1) is 12.9. The fourth-order valence-electron chi connectivity index (χ4n) is 3.24. The quantitative estimate of drug-likeness (QED) is 0.646. The maximum atomic E-state index is 14.5. The van der Waals surface area contributed by atoms with Crippen molar-refractivity contribution in [3.8, 4) is 0 Å². The Labute approximate surface area is 154 Å². The van der Waals surface area contributed by atoms with Crippen LogP contribution in [0.1, 0.15) is 60.7 Å². The van der Waals surface area contributed by atoms with E-state index < -0.39 is 23.8 Å². The van der Waals surface area contributed by atoms with E-state index >= 15 is 0 Å². The summed E-state index contributed by atoms with van der Waals surface area (Å²) in [5.41, 5.74) is 1.27. The molecule has 1 aliphatic carbocycles. The predicted octanol–water partition coefficient (Wildman–Crippen LogP) is 5.46. The van der Waals surface area contributed by atoms with Gasteiger partial charge in [-0.25, -0.2) is 28.1 Å². The van der Waals surface area contributed by atoms with E-state index in [4.69, 9.17) is 0 Å². The van der Waals surface area contributed by atoms with Gasteiger partial charge in [-0.1, -0.05) is 18.2 Å². The number of anilines is 1. The summed E-state index contributed by atoms with van der Waals surface area (Å²) in [6, 6.07) is 5.51. The van der Waals surface area contributed by atoms with Crippen LogP contribution < -0.4 is 5.32 Å². The van der Waals surface area contributed by atoms with Gasteiger partial charge < -0.3 is 5.32 Å². The molecule has 2 aromatic heterocycles. The van der Waals surface area contributed by atoms with Crippen LogP contribution in [0.5, 0.6) is 0 Å². The van der Waals surface area contributed by atoms with Crippen LogP contribution in [-0.2, 0) is 0 Å². The zero-order chi connectivity index (χ0) is 19.1. The Balaban J connectivity index is 1.72. The summed E-state index contributed by atoms with van der Waals surface area (Å²) >= 11 is 0. The van der Waals surface area contributed by atoms with Crippen molar-refractivity contribution >= 4 is 16.9 Å². The molecular formula is C20H19F3N4. The molecule has 0 spiro atoms. The highest BCUT2D eigenvalue weighted by Crippen LogP contribution is 2.41. The molecule has 2 heterocycles. The molecule has 0 aliphatic heterocycles. The van der Waals surface area contributed by atoms with E-state index in [-0.39, 0.29) is 5.56 Å². The summed E-state index contributed by atoms with van der Waals surface area (Å²) in [7, 11) is 0. The average Bonchev–Trinajstić information content (AvgIpc) is 3.46. The minimum atomic E-state index is -2.86. The molecule has 1 saturated carbocycles. The maximum Gasteiger partial charge on any atom is 0.266 e. The van der Waals surface area contributed by atoms with Crippen LogP contribution in [0.25, 0.3) is 11.0 Å². The third-order valence-electron chi connectivity index (χ3n) is 4.85. The Morgan fingerprint density at radius 1 is 1.15 bits per heavy atom. The van der Waals surface area contributed by atoms with Crippen molar-refractivity contribution in [1.82, 2.24) is 15.0 Å². The number of aromatic nitrogens is 3. The molecule has 7 heteroatoms. The first kappa shape index (κ1) is 17.7. The van der Waals surface area contributed by atoms with Gasteiger partial charge in [-0.15, -0.1) is 0 Å². The van der Waals surface area contributed by atoms with Gasteiger partial charge in [-0.05, 0) is 44.2 Å². The van der Waals surface area contributed by atoms with E-state index in [9.17, 15) is 13.2 Å². The maximum absolute atomic E-state index is 14.5. The first-order valence-electron chi connectivity index (χ1n) is 8.91. The zero-order valence-electron chi connectivity index (χ0n) is 15.0. The molecule has 1 aromatic carbocycles. The monoisotopic (exact) mass is 372 g/mol. The lowest BCUT2D eigenvalue weighted by atomic mass is 10.0. The Morgan fingerprint density at radius 2 is 1.89 bits per heavy atom. The van der Waals surface area contributed by atoms with E-state index in [1.165, 1.54) is 12.1 Å². The van der Waals surface area contributed by atoms with Gasteiger partial charge in [0.1, 0.15) is 17.5 Å². The SMILES string of the molecule is Cc1nc(NC(C)c2cccc(C(F)F)c2F)c2cc(C3CC3)cnc2n1. The molecule has 1 unspecified atom stereocenters. The number of nitrogens with zero attached hydrogens (tertiary/aromatic N) is 3. The van der Waals surface area contributed by atoms with Crippen LogP contribution in [0.3, 0.4) is 0 Å². The van der Waals surface area contributed by atoms with E-state index in [0.29, 0.717) is 23.2 Å². The lowest BCUT2D eigenvalue weighted by molar-refractivity contribution is 0.146. The smallest absolute Gasteiger partial charge is 0.266 e. The van der Waals surface area contributed by atoms with Crippen molar-refractivity contribution < 1.29 is 13.2 Å². The Morgan fingerprint density at radius 3 is 2.59 bits per heavy atom. The molecule has 4 rings (SSSR count). The molecule has 1 aliphatic rings. The van der Waals surface area contributed by atoms with Crippen LogP contribution in [0.15, 0.2) is 30.5 Å². The second-order valence-corrected chi connectivity index (χ2v) is 6.95. The van der Waals surface area contributed by atoms with E-state index in [0.717, 1.165) is 29.9 Å². The van der Waals surface area contributed by atoms with Crippen molar-refractivity contribution in [2.45, 2.75) is 45.1 Å². The van der Waals surface area contributed by atoms with Gasteiger partial charge in [-0.2, -0.15) is 0 Å². The summed E-state index contributed by atoms with van der Waals surface area (Å²) in [4.78, 5) is 13.2. The second-order valence-electron chi connectivity index (χ2n) is 6.95. The van der Waals surface area contributed by atoms with E-state index in [1.54, 1.807) is 13.8 Å². The van der Waals surface area contributed by atoms with Crippen LogP contribution in [0.2, 0.25) is 0 Å². The number of alkyl halides is 2. The van der Waals surface area contributed by atoms with Crippen LogP contribution in [0, 0.1) is 12.7 Å². The lowest BCUT2D eigenvalue weighted by Crippen LogP contribution is -2.12. The molecule has 0 radical (unpaired) electrons. The van der Waals surface area contributed by atoms with Gasteiger partial charge in [0.05, 0.1) is 17.0 Å². The van der Waals surface area contributed by atoms with E-state index in [1.807, 2.05) is 12.3 Å². The number of hydrogen-bond acceptors (Lipinski definition) is 4. The zero-order valence-corrected chi connectivity index (χ0v) is 15.0. The number of hydrogen-bond donors (Lipinski definition) is 1. The van der Waals surface area contributed by atoms with Crippen molar-refractivity contribution in [3.63, 3.8) is 0 Å². The predicted molar refractivity (Wildman–Crippen MR) is 97.4 cm³/mol. The summed E-state index contributed by atoms with van der Waals surface area (Å²) in [6.45, 7) is 3.47. The fourth-order valence-corrected chi connectivity index (χ4v) is 3.24. The van der Waals surface area contributed by atoms with Crippen LogP contribution >= 0.6 is 0 Å². The minimum absolute atomic E-state index is 0.170. The van der Waals surface area contributed by atoms with Gasteiger partial charge in [0.2, 0.25) is 0 Å². The molecule has 140 valence electrons. The number of benzene rings is 1. The van der Waals surface area contributed by atoms with Crippen molar-refractivity contribution in [3.05, 3.63) is 58.8 Å². The molecule has 1 N–H and O–H groups in total. The lowest BCUT2D eigenvalue weighted by Gasteiger charge is -2.18. The van der Waals surface area contributed by atoms with Crippen molar-refractivity contribution in [2.24, 2.45) is 0 Å². The third kappa shape index (κ3) is 3.46. The standard InChI is InChI=1S/C20H19F3N4/c1-10(14-4-3-5-15(17(14)21)18(22)23)25-20-16-8-13(12-6-7-12)9-24-19(16)26-11(2)27-20/h3-5,8-10,12,18H,6-7H2,1-2H3,(H,24,25,26,27). The highest BCUT2D eigenvalue weighted by Gasteiger charge is 2.25. The summed E-state index contributed by atoms with van der Waals surface area (Å²) in [5, 5.41) is 3.91. The number of rotatable bonds is 5. The molecule has 0 saturated heterocycles. The highest BCUT2D eigenvalue weighted by molar-refractivity contribution is 5.87. The topological polar surface area (TPSA) is 50.7 Å². The van der Waals surface area contributed by atoms with Gasteiger partial charge >= 0.3 is 0 Å². The number of halogens is 3. The van der Waals surface area contributed by atoms with Crippen molar-refractivity contribution in [2.75, 3.05) is 5.32 Å². The molecule has 1 atom stereocenters. The summed E-state index contributed by atoms with van der Waals surface area (Å²) < 4.78 is 40.5. The minimum Gasteiger partial charge on any atom is -0.363 e. The van der Waals surface area contributed by atoms with Gasteiger partial charge in [-0.3, -0.25) is 0 Å². The molecule has 1 fully saturated rings. The first-order valence-corrected chi connectivity index (χ1v) is 8.91. The molecular weight excluding hydrogens is 353 g/mol. The van der Waals surface area contributed by atoms with Crippen LogP contribution in [0.4, 0.5) is 19.0 Å². The Kier molecular flexibility index (Phi) is 4.45. The Hall–Kier alpha value is -2.70. The molecule has 3 aromatic rings. The van der Waals surface area contributed by atoms with E-state index in [2.05, 4.69) is 20.3 Å². The number of fused-ring (bicyclic) bond motifs is 1. The number of aryl methyl sites for hydroxylation is 1. The molecule has 27 heavy (non-hydrogen) atoms. The highest BCUT2D eigenvalue weighted by atomic mass is 19.3. The molecule has 0 bridgehead atoms. The van der Waals surface area contributed by atoms with Crippen molar-refractivity contribution in [1.29, 1.82) is 0 Å². The normalized spacial score (nSPS) is 15.3. The Bertz CT molecular complexity index is 1000.